The molecule has 24 heavy (non-hydrogen) atoms. The number of alkyl halides is 3. The Balaban J connectivity index is 2.31. The van der Waals surface area contributed by atoms with Crippen LogP contribution in [-0.2, 0) is 6.18 Å². The van der Waals surface area contributed by atoms with Crippen LogP contribution in [0.25, 0.3) is 22.3 Å². The van der Waals surface area contributed by atoms with Crippen LogP contribution in [0.15, 0.2) is 30.5 Å². The summed E-state index contributed by atoms with van der Waals surface area (Å²) in [5, 5.41) is 0. The Morgan fingerprint density at radius 3 is 1.83 bits per heavy atom. The maximum atomic E-state index is 14.0. The van der Waals surface area contributed by atoms with Crippen molar-refractivity contribution in [1.82, 2.24) is 9.97 Å². The van der Waals surface area contributed by atoms with E-state index in [0.717, 1.165) is 6.20 Å². The number of aromatic nitrogens is 2. The van der Waals surface area contributed by atoms with Crippen LogP contribution in [-0.4, -0.2) is 9.97 Å². The van der Waals surface area contributed by atoms with Gasteiger partial charge >= 0.3 is 6.18 Å². The number of fused-ring (bicyclic) bond motifs is 1. The Labute approximate surface area is 129 Å². The normalized spacial score (nSPS) is 12.0. The monoisotopic (exact) mass is 346 g/mol. The van der Waals surface area contributed by atoms with E-state index in [1.807, 2.05) is 0 Å². The van der Waals surface area contributed by atoms with Gasteiger partial charge in [0.2, 0.25) is 0 Å². The maximum absolute atomic E-state index is 14.0. The van der Waals surface area contributed by atoms with E-state index >= 15 is 0 Å². The van der Waals surface area contributed by atoms with E-state index in [1.165, 1.54) is 18.2 Å². The molecule has 0 unspecified atom stereocenters. The third kappa shape index (κ3) is 2.45. The lowest BCUT2D eigenvalue weighted by atomic mass is 10.0. The van der Waals surface area contributed by atoms with Crippen molar-refractivity contribution in [2.45, 2.75) is 6.18 Å². The van der Waals surface area contributed by atoms with Crippen molar-refractivity contribution < 1.29 is 30.7 Å². The van der Waals surface area contributed by atoms with Gasteiger partial charge in [-0.3, -0.25) is 4.98 Å². The first kappa shape index (κ1) is 16.2. The number of benzene rings is 2. The van der Waals surface area contributed by atoms with Gasteiger partial charge in [-0.15, -0.1) is 0 Å². The second-order valence-electron chi connectivity index (χ2n) is 4.75. The Kier molecular flexibility index (Phi) is 3.66. The quantitative estimate of drug-likeness (QED) is 0.464. The van der Waals surface area contributed by atoms with E-state index in [2.05, 4.69) is 9.97 Å². The minimum absolute atomic E-state index is 0.148. The van der Waals surface area contributed by atoms with E-state index in [1.54, 1.807) is 6.07 Å². The Morgan fingerprint density at radius 2 is 1.29 bits per heavy atom. The fraction of sp³-hybridized carbons (Fsp3) is 0.0667. The fourth-order valence-corrected chi connectivity index (χ4v) is 2.18. The molecule has 1 aromatic heterocycles. The van der Waals surface area contributed by atoms with Crippen molar-refractivity contribution in [3.8, 4) is 11.3 Å². The number of hydrogen-bond donors (Lipinski definition) is 0. The molecule has 0 amide bonds. The average Bonchev–Trinajstić information content (AvgIpc) is 2.52. The summed E-state index contributed by atoms with van der Waals surface area (Å²) in [6.07, 6.45) is -4.78. The average molecular weight is 346 g/mol. The van der Waals surface area contributed by atoms with Crippen molar-refractivity contribution in [3.63, 3.8) is 0 Å². The molecule has 0 aliphatic heterocycles. The van der Waals surface area contributed by atoms with Crippen LogP contribution in [0.1, 0.15) is 5.56 Å². The lowest BCUT2D eigenvalue weighted by molar-refractivity contribution is -0.143. The predicted molar refractivity (Wildman–Crippen MR) is 69.8 cm³/mol. The summed E-state index contributed by atoms with van der Waals surface area (Å²) in [5.74, 6) is -9.45. The molecule has 124 valence electrons. The minimum Gasteiger partial charge on any atom is -0.252 e. The molecule has 0 spiro atoms. The van der Waals surface area contributed by atoms with E-state index in [9.17, 15) is 30.7 Å². The van der Waals surface area contributed by atoms with Gasteiger partial charge in [-0.1, -0.05) is 12.1 Å². The third-order valence-electron chi connectivity index (χ3n) is 3.25. The fourth-order valence-electron chi connectivity index (χ4n) is 2.18. The van der Waals surface area contributed by atoms with Gasteiger partial charge in [0.1, 0.15) is 5.56 Å². The van der Waals surface area contributed by atoms with Crippen LogP contribution in [0.2, 0.25) is 0 Å². The molecular formula is C15H5F7N2. The topological polar surface area (TPSA) is 25.8 Å². The van der Waals surface area contributed by atoms with Gasteiger partial charge in [0.25, 0.3) is 0 Å². The van der Waals surface area contributed by atoms with Gasteiger partial charge < -0.3 is 0 Å². The first-order chi connectivity index (χ1) is 11.2. The SMILES string of the molecule is Fc1c(F)c(C(F)(F)F)c(F)c(F)c1-c1cnc2ccccc2n1. The first-order valence-electron chi connectivity index (χ1n) is 6.37. The summed E-state index contributed by atoms with van der Waals surface area (Å²) in [5.41, 5.74) is -4.13. The zero-order chi connectivity index (χ0) is 17.6. The van der Waals surface area contributed by atoms with Crippen molar-refractivity contribution >= 4 is 11.0 Å². The summed E-state index contributed by atoms with van der Waals surface area (Å²) in [6, 6.07) is 6.07. The second kappa shape index (κ2) is 5.43. The molecular weight excluding hydrogens is 341 g/mol. The summed E-state index contributed by atoms with van der Waals surface area (Å²) in [7, 11) is 0. The molecule has 0 atom stereocenters. The lowest BCUT2D eigenvalue weighted by Gasteiger charge is -2.13. The van der Waals surface area contributed by atoms with Gasteiger partial charge in [0.05, 0.1) is 28.5 Å². The molecule has 3 aromatic rings. The van der Waals surface area contributed by atoms with Crippen LogP contribution in [0.5, 0.6) is 0 Å². The molecule has 0 fully saturated rings. The standard InChI is InChI=1S/C15H5F7N2/c16-11-9(8-5-23-6-3-1-2-4-7(6)24-8)12(17)14(19)10(13(11)18)15(20,21)22/h1-5H. The summed E-state index contributed by atoms with van der Waals surface area (Å²) in [4.78, 5) is 7.59. The zero-order valence-electron chi connectivity index (χ0n) is 11.4. The van der Waals surface area contributed by atoms with Crippen LogP contribution in [0, 0.1) is 23.3 Å². The van der Waals surface area contributed by atoms with E-state index in [-0.39, 0.29) is 5.52 Å². The lowest BCUT2D eigenvalue weighted by Crippen LogP contribution is -2.16. The van der Waals surface area contributed by atoms with E-state index in [0.29, 0.717) is 5.52 Å². The Morgan fingerprint density at radius 1 is 0.750 bits per heavy atom. The largest absolute Gasteiger partial charge is 0.422 e. The summed E-state index contributed by atoms with van der Waals surface area (Å²) >= 11 is 0. The van der Waals surface area contributed by atoms with Crippen molar-refractivity contribution in [1.29, 1.82) is 0 Å². The first-order valence-corrected chi connectivity index (χ1v) is 6.37. The van der Waals surface area contributed by atoms with Gasteiger partial charge in [-0.05, 0) is 12.1 Å². The van der Waals surface area contributed by atoms with Crippen molar-refractivity contribution in [2.24, 2.45) is 0 Å². The molecule has 1 heterocycles. The van der Waals surface area contributed by atoms with Crippen molar-refractivity contribution in [2.75, 3.05) is 0 Å². The number of rotatable bonds is 1. The number of hydrogen-bond acceptors (Lipinski definition) is 2. The Hall–Kier alpha value is -2.71. The highest BCUT2D eigenvalue weighted by molar-refractivity contribution is 5.77. The third-order valence-corrected chi connectivity index (χ3v) is 3.25. The van der Waals surface area contributed by atoms with Gasteiger partial charge in [-0.25, -0.2) is 22.5 Å². The van der Waals surface area contributed by atoms with Gasteiger partial charge in [-0.2, -0.15) is 13.2 Å². The van der Waals surface area contributed by atoms with Crippen LogP contribution in [0.3, 0.4) is 0 Å². The minimum atomic E-state index is -5.59. The molecule has 0 bridgehead atoms. The molecule has 0 aliphatic rings. The highest BCUT2D eigenvalue weighted by atomic mass is 19.4. The molecule has 2 nitrogen and oxygen atoms in total. The second-order valence-corrected chi connectivity index (χ2v) is 4.75. The maximum Gasteiger partial charge on any atom is 0.422 e. The predicted octanol–water partition coefficient (Wildman–Crippen LogP) is 4.87. The molecule has 0 saturated carbocycles. The Bertz CT molecular complexity index is 921. The van der Waals surface area contributed by atoms with Crippen LogP contribution >= 0.6 is 0 Å². The van der Waals surface area contributed by atoms with E-state index in [4.69, 9.17) is 0 Å². The highest BCUT2D eigenvalue weighted by Gasteiger charge is 2.42. The van der Waals surface area contributed by atoms with Gasteiger partial charge in [0, 0.05) is 0 Å². The molecule has 0 radical (unpaired) electrons. The number of nitrogens with zero attached hydrogens (tertiary/aromatic N) is 2. The van der Waals surface area contributed by atoms with Gasteiger partial charge in [0.15, 0.2) is 23.3 Å². The van der Waals surface area contributed by atoms with Crippen LogP contribution < -0.4 is 0 Å². The van der Waals surface area contributed by atoms with E-state index < -0.39 is 46.3 Å². The number of halogens is 7. The smallest absolute Gasteiger partial charge is 0.252 e. The summed E-state index contributed by atoms with van der Waals surface area (Å²) in [6.45, 7) is 0. The summed E-state index contributed by atoms with van der Waals surface area (Å²) < 4.78 is 92.9. The zero-order valence-corrected chi connectivity index (χ0v) is 11.4. The molecule has 0 saturated heterocycles. The molecule has 9 heteroatoms. The van der Waals surface area contributed by atoms with Crippen molar-refractivity contribution in [3.05, 3.63) is 59.3 Å². The molecule has 0 aliphatic carbocycles. The highest BCUT2D eigenvalue weighted by Crippen LogP contribution is 2.39. The van der Waals surface area contributed by atoms with Crippen LogP contribution in [0.4, 0.5) is 30.7 Å². The number of para-hydroxylation sites is 2. The molecule has 0 N–H and O–H groups in total. The molecule has 3 rings (SSSR count). The molecule has 2 aromatic carbocycles.